The van der Waals surface area contributed by atoms with E-state index in [4.69, 9.17) is 5.84 Å². The lowest BCUT2D eigenvalue weighted by Gasteiger charge is -2.28. The summed E-state index contributed by atoms with van der Waals surface area (Å²) in [6, 6.07) is 0. The van der Waals surface area contributed by atoms with Gasteiger partial charge in [0.15, 0.2) is 5.50 Å². The molecule has 1 heterocycles. The Hall–Kier alpha value is -0.260. The molecular formula is C7H16N4S. The van der Waals surface area contributed by atoms with Crippen LogP contribution in [0.5, 0.6) is 0 Å². The molecule has 1 aliphatic rings. The van der Waals surface area contributed by atoms with Crippen LogP contribution in [0.3, 0.4) is 0 Å². The third kappa shape index (κ3) is 2.36. The van der Waals surface area contributed by atoms with Crippen LogP contribution in [0.1, 0.15) is 20.8 Å². The van der Waals surface area contributed by atoms with Crippen LogP contribution in [0.15, 0.2) is 5.10 Å². The van der Waals surface area contributed by atoms with E-state index in [9.17, 15) is 0 Å². The van der Waals surface area contributed by atoms with Crippen molar-refractivity contribution in [3.05, 3.63) is 0 Å². The summed E-state index contributed by atoms with van der Waals surface area (Å²) in [6.45, 7) is 6.47. The van der Waals surface area contributed by atoms with Crippen molar-refractivity contribution < 1.29 is 0 Å². The van der Waals surface area contributed by atoms with Crippen molar-refractivity contribution in [1.82, 2.24) is 10.9 Å². The lowest BCUT2D eigenvalue weighted by molar-refractivity contribution is 0.539. The highest BCUT2D eigenvalue weighted by molar-refractivity contribution is 8.00. The Kier molecular flexibility index (Phi) is 2.98. The second-order valence-corrected chi connectivity index (χ2v) is 4.89. The molecule has 0 unspecified atom stereocenters. The zero-order valence-corrected chi connectivity index (χ0v) is 8.53. The average molecular weight is 188 g/mol. The third-order valence-corrected chi connectivity index (χ3v) is 2.74. The molecule has 12 heavy (non-hydrogen) atoms. The van der Waals surface area contributed by atoms with Gasteiger partial charge in [-0.3, -0.25) is 11.3 Å². The number of rotatable bonds is 1. The van der Waals surface area contributed by atoms with Gasteiger partial charge in [-0.05, 0) is 0 Å². The van der Waals surface area contributed by atoms with Gasteiger partial charge in [-0.2, -0.15) is 5.10 Å². The normalized spacial score (nSPS) is 24.7. The van der Waals surface area contributed by atoms with Gasteiger partial charge in [-0.25, -0.2) is 5.43 Å². The zero-order valence-electron chi connectivity index (χ0n) is 7.72. The van der Waals surface area contributed by atoms with E-state index in [2.05, 4.69) is 36.7 Å². The Morgan fingerprint density at radius 2 is 2.33 bits per heavy atom. The minimum Gasteiger partial charge on any atom is -0.282 e. The third-order valence-electron chi connectivity index (χ3n) is 1.72. The fraction of sp³-hybridized carbons (Fsp3) is 0.857. The van der Waals surface area contributed by atoms with Crippen molar-refractivity contribution in [3.63, 3.8) is 0 Å². The van der Waals surface area contributed by atoms with Crippen LogP contribution < -0.4 is 16.7 Å². The van der Waals surface area contributed by atoms with Crippen LogP contribution >= 0.6 is 11.8 Å². The Labute approximate surface area is 77.3 Å². The number of nitrogens with one attached hydrogen (secondary N) is 2. The van der Waals surface area contributed by atoms with Gasteiger partial charge < -0.3 is 0 Å². The monoisotopic (exact) mass is 188 g/mol. The number of hydrogen-bond acceptors (Lipinski definition) is 5. The number of nitrogens with two attached hydrogens (primary N) is 1. The van der Waals surface area contributed by atoms with Gasteiger partial charge in [0.2, 0.25) is 0 Å². The van der Waals surface area contributed by atoms with E-state index in [1.165, 1.54) is 5.71 Å². The molecule has 1 aliphatic heterocycles. The van der Waals surface area contributed by atoms with Gasteiger partial charge in [0, 0.05) is 11.2 Å². The molecule has 4 N–H and O–H groups in total. The number of thioether (sulfide) groups is 1. The molecular weight excluding hydrogens is 172 g/mol. The van der Waals surface area contributed by atoms with E-state index in [0.717, 1.165) is 5.75 Å². The van der Waals surface area contributed by atoms with E-state index in [1.54, 1.807) is 11.8 Å². The van der Waals surface area contributed by atoms with Crippen LogP contribution in [0.2, 0.25) is 0 Å². The first-order valence-corrected chi connectivity index (χ1v) is 4.99. The van der Waals surface area contributed by atoms with E-state index >= 15 is 0 Å². The first kappa shape index (κ1) is 9.83. The van der Waals surface area contributed by atoms with E-state index in [-0.39, 0.29) is 10.9 Å². The molecule has 0 amide bonds. The molecule has 0 aromatic heterocycles. The molecule has 4 nitrogen and oxygen atoms in total. The minimum absolute atomic E-state index is 0.0519. The van der Waals surface area contributed by atoms with Crippen molar-refractivity contribution in [2.24, 2.45) is 16.4 Å². The van der Waals surface area contributed by atoms with Crippen LogP contribution in [0, 0.1) is 5.41 Å². The molecule has 0 saturated carbocycles. The highest BCUT2D eigenvalue weighted by atomic mass is 32.2. The summed E-state index contributed by atoms with van der Waals surface area (Å²) in [5.41, 5.74) is 6.94. The van der Waals surface area contributed by atoms with Crippen LogP contribution in [-0.4, -0.2) is 17.0 Å². The Balaban J connectivity index is 2.56. The number of nitrogens with zero attached hydrogens (tertiary/aromatic N) is 1. The summed E-state index contributed by atoms with van der Waals surface area (Å²) in [7, 11) is 0. The van der Waals surface area contributed by atoms with Gasteiger partial charge in [0.1, 0.15) is 0 Å². The lowest BCUT2D eigenvalue weighted by atomic mass is 9.91. The number of hydrazine groups is 1. The SMILES string of the molecule is CC(C)(C)C1=NN[C@@H](NN)SC1. The topological polar surface area (TPSA) is 62.4 Å². The molecule has 0 aromatic carbocycles. The zero-order chi connectivity index (χ0) is 9.19. The van der Waals surface area contributed by atoms with Crippen molar-refractivity contribution >= 4 is 17.5 Å². The first-order chi connectivity index (χ1) is 5.54. The number of hydrogen-bond donors (Lipinski definition) is 3. The molecule has 0 aliphatic carbocycles. The van der Waals surface area contributed by atoms with Gasteiger partial charge in [0.05, 0.1) is 5.71 Å². The van der Waals surface area contributed by atoms with E-state index < -0.39 is 0 Å². The fourth-order valence-corrected chi connectivity index (χ4v) is 1.88. The molecule has 0 aromatic rings. The maximum atomic E-state index is 5.26. The molecule has 0 spiro atoms. The van der Waals surface area contributed by atoms with E-state index in [1.807, 2.05) is 0 Å². The molecule has 1 atom stereocenters. The summed E-state index contributed by atoms with van der Waals surface area (Å²) in [4.78, 5) is 0. The smallest absolute Gasteiger partial charge is 0.153 e. The Morgan fingerprint density at radius 1 is 1.67 bits per heavy atom. The average Bonchev–Trinajstić information content (AvgIpc) is 2.03. The molecule has 0 fully saturated rings. The fourth-order valence-electron chi connectivity index (χ4n) is 0.838. The second kappa shape index (κ2) is 3.64. The molecule has 0 radical (unpaired) electrons. The summed E-state index contributed by atoms with van der Waals surface area (Å²) in [6.07, 6.45) is 0. The molecule has 0 saturated heterocycles. The van der Waals surface area contributed by atoms with Crippen molar-refractivity contribution in [3.8, 4) is 0 Å². The summed E-state index contributed by atoms with van der Waals surface area (Å²) >= 11 is 1.72. The predicted molar refractivity (Wildman–Crippen MR) is 53.6 cm³/mol. The maximum absolute atomic E-state index is 5.26. The van der Waals surface area contributed by atoms with Crippen molar-refractivity contribution in [1.29, 1.82) is 0 Å². The van der Waals surface area contributed by atoms with Gasteiger partial charge in [-0.15, -0.1) is 11.8 Å². The van der Waals surface area contributed by atoms with Crippen LogP contribution in [-0.2, 0) is 0 Å². The summed E-state index contributed by atoms with van der Waals surface area (Å²) < 4.78 is 0. The molecule has 70 valence electrons. The van der Waals surface area contributed by atoms with Gasteiger partial charge in [0.25, 0.3) is 0 Å². The lowest BCUT2D eigenvalue weighted by Crippen LogP contribution is -2.46. The summed E-state index contributed by atoms with van der Waals surface area (Å²) in [5, 5.41) is 4.26. The van der Waals surface area contributed by atoms with Gasteiger partial charge >= 0.3 is 0 Å². The van der Waals surface area contributed by atoms with Gasteiger partial charge in [-0.1, -0.05) is 20.8 Å². The summed E-state index contributed by atoms with van der Waals surface area (Å²) in [5.74, 6) is 6.19. The Bertz CT molecular complexity index is 184. The molecule has 1 rings (SSSR count). The van der Waals surface area contributed by atoms with E-state index in [0.29, 0.717) is 0 Å². The molecule has 0 bridgehead atoms. The highest BCUT2D eigenvalue weighted by Crippen LogP contribution is 2.22. The maximum Gasteiger partial charge on any atom is 0.153 e. The standard InChI is InChI=1S/C7H16N4S/c1-7(2,3)5-4-12-6(9-8)11-10-5/h6,9,11H,4,8H2,1-3H3/t6-/m1/s1. The second-order valence-electron chi connectivity index (χ2n) is 3.80. The van der Waals surface area contributed by atoms with Crippen LogP contribution in [0.25, 0.3) is 0 Å². The minimum atomic E-state index is 0.0519. The Morgan fingerprint density at radius 3 is 2.67 bits per heavy atom. The number of hydrazone groups is 1. The molecule has 5 heteroatoms. The van der Waals surface area contributed by atoms with Crippen molar-refractivity contribution in [2.75, 3.05) is 5.75 Å². The van der Waals surface area contributed by atoms with Crippen molar-refractivity contribution in [2.45, 2.75) is 26.3 Å². The quantitative estimate of drug-likeness (QED) is 0.413. The predicted octanol–water partition coefficient (Wildman–Crippen LogP) is 0.472. The highest BCUT2D eigenvalue weighted by Gasteiger charge is 2.23. The first-order valence-electron chi connectivity index (χ1n) is 3.94. The van der Waals surface area contributed by atoms with Crippen LogP contribution in [0.4, 0.5) is 0 Å². The largest absolute Gasteiger partial charge is 0.282 e.